The molecule has 1 aliphatic heterocycles. The number of thioether (sulfide) groups is 1. The third-order valence-corrected chi connectivity index (χ3v) is 5.46. The van der Waals surface area contributed by atoms with Crippen molar-refractivity contribution in [3.05, 3.63) is 41.7 Å². The van der Waals surface area contributed by atoms with Crippen molar-refractivity contribution in [1.82, 2.24) is 19.7 Å². The molecular formula is C17H22N4OS. The molecule has 122 valence electrons. The Morgan fingerprint density at radius 1 is 1.30 bits per heavy atom. The Labute approximate surface area is 141 Å². The van der Waals surface area contributed by atoms with Crippen molar-refractivity contribution in [2.24, 2.45) is 5.92 Å². The van der Waals surface area contributed by atoms with Gasteiger partial charge in [-0.3, -0.25) is 4.79 Å². The lowest BCUT2D eigenvalue weighted by Crippen LogP contribution is -2.28. The van der Waals surface area contributed by atoms with Gasteiger partial charge in [-0.05, 0) is 38.3 Å². The fourth-order valence-corrected chi connectivity index (χ4v) is 4.11. The summed E-state index contributed by atoms with van der Waals surface area (Å²) in [4.78, 5) is 14.4. The van der Waals surface area contributed by atoms with Gasteiger partial charge in [0.2, 0.25) is 0 Å². The number of likely N-dealkylation sites (tertiary alicyclic amines) is 1. The lowest BCUT2D eigenvalue weighted by Gasteiger charge is -2.16. The Balaban J connectivity index is 1.55. The zero-order chi connectivity index (χ0) is 16.2. The zero-order valence-corrected chi connectivity index (χ0v) is 14.4. The van der Waals surface area contributed by atoms with Crippen LogP contribution >= 0.6 is 11.8 Å². The van der Waals surface area contributed by atoms with Crippen LogP contribution in [0.3, 0.4) is 0 Å². The number of carbonyl (C=O) groups is 1. The van der Waals surface area contributed by atoms with E-state index in [1.807, 2.05) is 42.2 Å². The van der Waals surface area contributed by atoms with E-state index in [0.717, 1.165) is 48.4 Å². The van der Waals surface area contributed by atoms with Gasteiger partial charge in [-0.15, -0.1) is 10.2 Å². The first-order valence-electron chi connectivity index (χ1n) is 8.06. The molecule has 1 aliphatic rings. The van der Waals surface area contributed by atoms with Gasteiger partial charge in [0, 0.05) is 31.0 Å². The first kappa shape index (κ1) is 16.1. The second-order valence-electron chi connectivity index (χ2n) is 5.86. The van der Waals surface area contributed by atoms with Crippen LogP contribution in [0.2, 0.25) is 0 Å². The first-order chi connectivity index (χ1) is 11.2. The van der Waals surface area contributed by atoms with Crippen LogP contribution in [0.4, 0.5) is 0 Å². The van der Waals surface area contributed by atoms with Crippen LogP contribution in [0.1, 0.15) is 29.5 Å². The van der Waals surface area contributed by atoms with Crippen LogP contribution in [-0.2, 0) is 6.54 Å². The summed E-state index contributed by atoms with van der Waals surface area (Å²) >= 11 is 1.75. The van der Waals surface area contributed by atoms with E-state index in [1.165, 1.54) is 0 Å². The van der Waals surface area contributed by atoms with Crippen molar-refractivity contribution in [3.63, 3.8) is 0 Å². The molecule has 0 saturated carbocycles. The van der Waals surface area contributed by atoms with Gasteiger partial charge in [0.1, 0.15) is 5.82 Å². The predicted molar refractivity (Wildman–Crippen MR) is 91.6 cm³/mol. The Kier molecular flexibility index (Phi) is 5.00. The summed E-state index contributed by atoms with van der Waals surface area (Å²) in [7, 11) is 0. The fraction of sp³-hybridized carbons (Fsp3) is 0.471. The van der Waals surface area contributed by atoms with Gasteiger partial charge >= 0.3 is 0 Å². The Hall–Kier alpha value is -1.82. The molecule has 3 rings (SSSR count). The van der Waals surface area contributed by atoms with E-state index in [2.05, 4.69) is 21.7 Å². The predicted octanol–water partition coefficient (Wildman–Crippen LogP) is 2.86. The minimum Gasteiger partial charge on any atom is -0.338 e. The molecule has 1 aromatic heterocycles. The fourth-order valence-electron chi connectivity index (χ4n) is 2.94. The van der Waals surface area contributed by atoms with E-state index >= 15 is 0 Å². The van der Waals surface area contributed by atoms with Crippen molar-refractivity contribution in [2.45, 2.75) is 32.0 Å². The number of hydrogen-bond donors (Lipinski definition) is 0. The number of nitrogens with zero attached hydrogens (tertiary/aromatic N) is 4. The summed E-state index contributed by atoms with van der Waals surface area (Å²) in [5.74, 6) is 2.61. The highest BCUT2D eigenvalue weighted by Gasteiger charge is 2.27. The van der Waals surface area contributed by atoms with Crippen LogP contribution in [0, 0.1) is 12.8 Å². The lowest BCUT2D eigenvalue weighted by molar-refractivity contribution is 0.0788. The molecule has 1 atom stereocenters. The van der Waals surface area contributed by atoms with E-state index in [-0.39, 0.29) is 5.91 Å². The SMILES string of the molecule is CCn1c(C)nnc1SC[C@@H]1CCN(C(=O)c2ccccc2)C1. The van der Waals surface area contributed by atoms with Gasteiger partial charge in [0.15, 0.2) is 5.16 Å². The zero-order valence-electron chi connectivity index (χ0n) is 13.6. The molecule has 23 heavy (non-hydrogen) atoms. The summed E-state index contributed by atoms with van der Waals surface area (Å²) in [6.45, 7) is 6.66. The third kappa shape index (κ3) is 3.58. The highest BCUT2D eigenvalue weighted by Crippen LogP contribution is 2.26. The van der Waals surface area contributed by atoms with Gasteiger partial charge in [0.05, 0.1) is 0 Å². The molecule has 1 saturated heterocycles. The Bertz CT molecular complexity index is 670. The number of aromatic nitrogens is 3. The van der Waals surface area contributed by atoms with Crippen molar-refractivity contribution in [3.8, 4) is 0 Å². The van der Waals surface area contributed by atoms with Crippen LogP contribution < -0.4 is 0 Å². The molecule has 2 heterocycles. The third-order valence-electron chi connectivity index (χ3n) is 4.26. The molecule has 0 unspecified atom stereocenters. The highest BCUT2D eigenvalue weighted by molar-refractivity contribution is 7.99. The molecule has 0 bridgehead atoms. The van der Waals surface area contributed by atoms with E-state index in [4.69, 9.17) is 0 Å². The molecule has 1 fully saturated rings. The number of carbonyl (C=O) groups excluding carboxylic acids is 1. The van der Waals surface area contributed by atoms with E-state index in [9.17, 15) is 4.79 Å². The summed E-state index contributed by atoms with van der Waals surface area (Å²) < 4.78 is 2.13. The largest absolute Gasteiger partial charge is 0.338 e. The van der Waals surface area contributed by atoms with E-state index in [0.29, 0.717) is 5.92 Å². The Morgan fingerprint density at radius 2 is 2.09 bits per heavy atom. The molecule has 0 radical (unpaired) electrons. The minimum atomic E-state index is 0.144. The molecular weight excluding hydrogens is 308 g/mol. The van der Waals surface area contributed by atoms with Crippen LogP contribution in [-0.4, -0.2) is 44.4 Å². The molecule has 2 aromatic rings. The van der Waals surface area contributed by atoms with Crippen molar-refractivity contribution in [1.29, 1.82) is 0 Å². The Morgan fingerprint density at radius 3 is 2.83 bits per heavy atom. The number of rotatable bonds is 5. The maximum atomic E-state index is 12.5. The second kappa shape index (κ2) is 7.17. The van der Waals surface area contributed by atoms with E-state index < -0.39 is 0 Å². The quantitative estimate of drug-likeness (QED) is 0.791. The second-order valence-corrected chi connectivity index (χ2v) is 6.84. The highest BCUT2D eigenvalue weighted by atomic mass is 32.2. The summed E-state index contributed by atoms with van der Waals surface area (Å²) in [6.07, 6.45) is 1.06. The first-order valence-corrected chi connectivity index (χ1v) is 9.04. The monoisotopic (exact) mass is 330 g/mol. The molecule has 5 nitrogen and oxygen atoms in total. The normalized spacial score (nSPS) is 17.7. The van der Waals surface area contributed by atoms with Crippen LogP contribution in [0.15, 0.2) is 35.5 Å². The minimum absolute atomic E-state index is 0.144. The maximum absolute atomic E-state index is 12.5. The molecule has 0 aliphatic carbocycles. The van der Waals surface area contributed by atoms with Crippen LogP contribution in [0.5, 0.6) is 0 Å². The number of benzene rings is 1. The summed E-state index contributed by atoms with van der Waals surface area (Å²) in [6, 6.07) is 9.53. The smallest absolute Gasteiger partial charge is 0.253 e. The number of amides is 1. The molecule has 0 spiro atoms. The number of aryl methyl sites for hydroxylation is 1. The summed E-state index contributed by atoms with van der Waals surface area (Å²) in [5.41, 5.74) is 0.780. The van der Waals surface area contributed by atoms with Gasteiger partial charge in [-0.1, -0.05) is 30.0 Å². The van der Waals surface area contributed by atoms with Gasteiger partial charge in [0.25, 0.3) is 5.91 Å². The maximum Gasteiger partial charge on any atom is 0.253 e. The van der Waals surface area contributed by atoms with Crippen molar-refractivity contribution >= 4 is 17.7 Å². The van der Waals surface area contributed by atoms with Crippen molar-refractivity contribution < 1.29 is 4.79 Å². The van der Waals surface area contributed by atoms with Crippen molar-refractivity contribution in [2.75, 3.05) is 18.8 Å². The van der Waals surface area contributed by atoms with Gasteiger partial charge in [-0.2, -0.15) is 0 Å². The molecule has 1 amide bonds. The number of hydrogen-bond acceptors (Lipinski definition) is 4. The van der Waals surface area contributed by atoms with Gasteiger partial charge < -0.3 is 9.47 Å². The standard InChI is InChI=1S/C17H22N4OS/c1-3-21-13(2)18-19-17(21)23-12-14-9-10-20(11-14)16(22)15-7-5-4-6-8-15/h4-8,14H,3,9-12H2,1-2H3/t14-/m1/s1. The molecule has 6 heteroatoms. The lowest BCUT2D eigenvalue weighted by atomic mass is 10.1. The topological polar surface area (TPSA) is 51.0 Å². The molecule has 1 aromatic carbocycles. The average Bonchev–Trinajstić information content (AvgIpc) is 3.19. The van der Waals surface area contributed by atoms with Gasteiger partial charge in [-0.25, -0.2) is 0 Å². The summed E-state index contributed by atoms with van der Waals surface area (Å²) in [5, 5.41) is 9.37. The van der Waals surface area contributed by atoms with Crippen LogP contribution in [0.25, 0.3) is 0 Å². The van der Waals surface area contributed by atoms with E-state index in [1.54, 1.807) is 11.8 Å². The average molecular weight is 330 g/mol. The molecule has 0 N–H and O–H groups in total.